The van der Waals surface area contributed by atoms with E-state index in [0.717, 1.165) is 22.3 Å². The van der Waals surface area contributed by atoms with Gasteiger partial charge in [-0.2, -0.15) is 0 Å². The maximum Gasteiger partial charge on any atom is 0.0956 e. The van der Waals surface area contributed by atoms with Crippen molar-refractivity contribution in [2.75, 3.05) is 13.7 Å². The van der Waals surface area contributed by atoms with E-state index in [2.05, 4.69) is 4.99 Å². The van der Waals surface area contributed by atoms with Gasteiger partial charge in [-0.25, -0.2) is 0 Å². The summed E-state index contributed by atoms with van der Waals surface area (Å²) in [6.07, 6.45) is 2.12. The highest BCUT2D eigenvalue weighted by Crippen LogP contribution is 2.15. The van der Waals surface area contributed by atoms with Crippen LogP contribution in [0.1, 0.15) is 37.0 Å². The zero-order valence-corrected chi connectivity index (χ0v) is 14.1. The predicted molar refractivity (Wildman–Crippen MR) is 92.5 cm³/mol. The Morgan fingerprint density at radius 2 is 1.95 bits per heavy atom. The lowest BCUT2D eigenvalue weighted by atomic mass is 9.99. The van der Waals surface area contributed by atoms with Crippen LogP contribution in [0.15, 0.2) is 34.5 Å². The summed E-state index contributed by atoms with van der Waals surface area (Å²) in [6, 6.07) is 5.75. The SMILES string of the molecule is CC/C(O)=C(/COC)C(C)N=CC(=N)c1c(C)cccc1C. The summed E-state index contributed by atoms with van der Waals surface area (Å²) in [5, 5.41) is 18.2. The fourth-order valence-corrected chi connectivity index (χ4v) is 2.41. The van der Waals surface area contributed by atoms with Crippen LogP contribution in [-0.4, -0.2) is 36.8 Å². The number of allylic oxidation sites excluding steroid dienone is 1. The van der Waals surface area contributed by atoms with Crippen LogP contribution in [0.5, 0.6) is 0 Å². The molecular formula is C18H26N2O2. The first-order valence-corrected chi connectivity index (χ1v) is 7.50. The van der Waals surface area contributed by atoms with Gasteiger partial charge in [0.2, 0.25) is 0 Å². The molecule has 0 aliphatic heterocycles. The van der Waals surface area contributed by atoms with Gasteiger partial charge < -0.3 is 9.84 Å². The molecule has 0 saturated carbocycles. The number of ether oxygens (including phenoxy) is 1. The van der Waals surface area contributed by atoms with Gasteiger partial charge in [-0.15, -0.1) is 0 Å². The summed E-state index contributed by atoms with van der Waals surface area (Å²) in [7, 11) is 1.60. The zero-order chi connectivity index (χ0) is 16.7. The number of nitrogens with one attached hydrogen (secondary N) is 1. The lowest BCUT2D eigenvalue weighted by Crippen LogP contribution is -2.14. The summed E-state index contributed by atoms with van der Waals surface area (Å²) in [6.45, 7) is 8.12. The van der Waals surface area contributed by atoms with Gasteiger partial charge in [0, 0.05) is 30.9 Å². The molecule has 4 nitrogen and oxygen atoms in total. The minimum atomic E-state index is -0.218. The maximum absolute atomic E-state index is 9.96. The fraction of sp³-hybridized carbons (Fsp3) is 0.444. The highest BCUT2D eigenvalue weighted by Gasteiger charge is 2.13. The van der Waals surface area contributed by atoms with E-state index in [1.807, 2.05) is 45.9 Å². The van der Waals surface area contributed by atoms with Crippen molar-refractivity contribution in [3.8, 4) is 0 Å². The highest BCUT2D eigenvalue weighted by molar-refractivity contribution is 6.37. The molecule has 0 spiro atoms. The number of aliphatic hydroxyl groups is 1. The van der Waals surface area contributed by atoms with Crippen molar-refractivity contribution in [2.24, 2.45) is 4.99 Å². The monoisotopic (exact) mass is 302 g/mol. The highest BCUT2D eigenvalue weighted by atomic mass is 16.5. The number of methoxy groups -OCH3 is 1. The quantitative estimate of drug-likeness (QED) is 0.590. The van der Waals surface area contributed by atoms with Gasteiger partial charge in [0.15, 0.2) is 0 Å². The summed E-state index contributed by atoms with van der Waals surface area (Å²) in [5.74, 6) is 0.310. The Morgan fingerprint density at radius 1 is 1.36 bits per heavy atom. The Morgan fingerprint density at radius 3 is 2.45 bits per heavy atom. The van der Waals surface area contributed by atoms with Crippen molar-refractivity contribution in [1.82, 2.24) is 0 Å². The van der Waals surface area contributed by atoms with Crippen molar-refractivity contribution in [2.45, 2.75) is 40.2 Å². The summed E-state index contributed by atoms with van der Waals surface area (Å²) in [5.41, 5.74) is 4.18. The third kappa shape index (κ3) is 4.53. The number of nitrogens with zero attached hydrogens (tertiary/aromatic N) is 1. The molecule has 1 atom stereocenters. The van der Waals surface area contributed by atoms with Crippen molar-refractivity contribution in [3.63, 3.8) is 0 Å². The standard InChI is InChI=1S/C18H26N2O2/c1-6-17(21)15(11-22-5)14(4)20-10-16(19)18-12(2)8-7-9-13(18)3/h7-10,14,19,21H,6,11H2,1-5H3/b17-15+,19-16?,20-10?. The van der Waals surface area contributed by atoms with E-state index in [9.17, 15) is 5.11 Å². The molecular weight excluding hydrogens is 276 g/mol. The number of aliphatic imine (C=N–C) groups is 1. The fourth-order valence-electron chi connectivity index (χ4n) is 2.41. The average molecular weight is 302 g/mol. The second kappa shape index (κ2) is 8.49. The van der Waals surface area contributed by atoms with Crippen molar-refractivity contribution in [3.05, 3.63) is 46.2 Å². The Kier molecular flexibility index (Phi) is 6.99. The van der Waals surface area contributed by atoms with Gasteiger partial charge in [0.25, 0.3) is 0 Å². The number of benzene rings is 1. The van der Waals surface area contributed by atoms with Gasteiger partial charge in [-0.05, 0) is 31.9 Å². The van der Waals surface area contributed by atoms with Crippen LogP contribution in [0, 0.1) is 19.3 Å². The van der Waals surface area contributed by atoms with Crippen molar-refractivity contribution >= 4 is 11.9 Å². The van der Waals surface area contributed by atoms with E-state index in [1.54, 1.807) is 13.3 Å². The number of rotatable bonds is 7. The average Bonchev–Trinajstić information content (AvgIpc) is 2.49. The molecule has 1 aromatic rings. The molecule has 0 radical (unpaired) electrons. The molecule has 0 aliphatic rings. The van der Waals surface area contributed by atoms with Crippen LogP contribution in [0.3, 0.4) is 0 Å². The van der Waals surface area contributed by atoms with Gasteiger partial charge in [0.05, 0.1) is 24.1 Å². The van der Waals surface area contributed by atoms with Crippen LogP contribution in [0.2, 0.25) is 0 Å². The number of aryl methyl sites for hydroxylation is 2. The normalized spacial score (nSPS) is 14.0. The molecule has 0 amide bonds. The molecule has 120 valence electrons. The third-order valence-electron chi connectivity index (χ3n) is 3.69. The Hall–Kier alpha value is -1.94. The van der Waals surface area contributed by atoms with Crippen LogP contribution >= 0.6 is 0 Å². The smallest absolute Gasteiger partial charge is 0.0956 e. The van der Waals surface area contributed by atoms with Crippen molar-refractivity contribution < 1.29 is 9.84 Å². The maximum atomic E-state index is 9.96. The van der Waals surface area contributed by atoms with E-state index in [-0.39, 0.29) is 6.04 Å². The first-order valence-electron chi connectivity index (χ1n) is 7.50. The summed E-state index contributed by atoms with van der Waals surface area (Å²) >= 11 is 0. The van der Waals surface area contributed by atoms with E-state index >= 15 is 0 Å². The second-order valence-electron chi connectivity index (χ2n) is 5.39. The molecule has 4 heteroatoms. The van der Waals surface area contributed by atoms with Crippen LogP contribution < -0.4 is 0 Å². The second-order valence-corrected chi connectivity index (χ2v) is 5.39. The zero-order valence-electron chi connectivity index (χ0n) is 14.1. The molecule has 0 fully saturated rings. The Bertz CT molecular complexity index is 568. The van der Waals surface area contributed by atoms with E-state index in [4.69, 9.17) is 10.1 Å². The molecule has 0 saturated heterocycles. The van der Waals surface area contributed by atoms with Gasteiger partial charge >= 0.3 is 0 Å². The molecule has 0 aromatic heterocycles. The molecule has 0 bridgehead atoms. The first kappa shape index (κ1) is 18.1. The minimum absolute atomic E-state index is 0.218. The lowest BCUT2D eigenvalue weighted by molar-refractivity contribution is 0.214. The van der Waals surface area contributed by atoms with Crippen LogP contribution in [-0.2, 0) is 4.74 Å². The van der Waals surface area contributed by atoms with E-state index in [1.165, 1.54) is 0 Å². The van der Waals surface area contributed by atoms with Gasteiger partial charge in [-0.1, -0.05) is 25.1 Å². The summed E-state index contributed by atoms with van der Waals surface area (Å²) < 4.78 is 5.13. The van der Waals surface area contributed by atoms with E-state index in [0.29, 0.717) is 24.5 Å². The summed E-state index contributed by atoms with van der Waals surface area (Å²) in [4.78, 5) is 4.42. The Labute approximate surface area is 133 Å². The molecule has 0 aliphatic carbocycles. The number of hydrogen-bond donors (Lipinski definition) is 2. The largest absolute Gasteiger partial charge is 0.512 e. The number of aliphatic hydroxyl groups excluding tert-OH is 1. The molecule has 1 unspecified atom stereocenters. The predicted octanol–water partition coefficient (Wildman–Crippen LogP) is 4.00. The van der Waals surface area contributed by atoms with Crippen LogP contribution in [0.4, 0.5) is 0 Å². The molecule has 1 aromatic carbocycles. The van der Waals surface area contributed by atoms with Gasteiger partial charge in [0.1, 0.15) is 0 Å². The third-order valence-corrected chi connectivity index (χ3v) is 3.69. The number of hydrogen-bond acceptors (Lipinski definition) is 4. The first-order chi connectivity index (χ1) is 10.4. The molecule has 22 heavy (non-hydrogen) atoms. The topological polar surface area (TPSA) is 65.7 Å². The molecule has 0 heterocycles. The minimum Gasteiger partial charge on any atom is -0.512 e. The Balaban J connectivity index is 2.98. The van der Waals surface area contributed by atoms with E-state index < -0.39 is 0 Å². The lowest BCUT2D eigenvalue weighted by Gasteiger charge is -2.14. The van der Waals surface area contributed by atoms with Gasteiger partial charge in [-0.3, -0.25) is 10.4 Å². The molecule has 2 N–H and O–H groups in total. The van der Waals surface area contributed by atoms with Crippen molar-refractivity contribution in [1.29, 1.82) is 5.41 Å². The molecule has 1 rings (SSSR count). The van der Waals surface area contributed by atoms with Crippen LogP contribution in [0.25, 0.3) is 0 Å².